The van der Waals surface area contributed by atoms with Crippen LogP contribution >= 0.6 is 0 Å². The molecule has 3 rings (SSSR count). The Hall–Kier alpha value is -0.260. The molecule has 6 unspecified atom stereocenters. The van der Waals surface area contributed by atoms with Crippen molar-refractivity contribution in [2.24, 2.45) is 35.0 Å². The summed E-state index contributed by atoms with van der Waals surface area (Å²) in [6.07, 6.45) is 14.3. The number of hydrogen-bond acceptors (Lipinski definition) is 0. The van der Waals surface area contributed by atoms with Crippen LogP contribution < -0.4 is 0 Å². The predicted molar refractivity (Wildman–Crippen MR) is 122 cm³/mol. The smallest absolute Gasteiger partial charge is 0.0292 e. The second-order valence-corrected chi connectivity index (χ2v) is 8.55. The molecule has 0 nitrogen and oxygen atoms in total. The number of rotatable bonds is 2. The van der Waals surface area contributed by atoms with E-state index in [0.29, 0.717) is 5.41 Å². The van der Waals surface area contributed by atoms with Crippen LogP contribution in [0.1, 0.15) is 121 Å². The van der Waals surface area contributed by atoms with Gasteiger partial charge in [0, 0.05) is 0 Å². The minimum absolute atomic E-state index is 0.642. The summed E-state index contributed by atoms with van der Waals surface area (Å²) in [6, 6.07) is 0. The van der Waals surface area contributed by atoms with Gasteiger partial charge in [0.2, 0.25) is 0 Å². The second kappa shape index (κ2) is 13.0. The van der Waals surface area contributed by atoms with E-state index in [1.165, 1.54) is 51.4 Å². The lowest BCUT2D eigenvalue weighted by molar-refractivity contribution is -0.0494. The average molecular weight is 365 g/mol. The normalized spacial score (nSPS) is 37.8. The Morgan fingerprint density at radius 2 is 1.54 bits per heavy atom. The van der Waals surface area contributed by atoms with Crippen molar-refractivity contribution < 1.29 is 0 Å². The molecule has 0 radical (unpaired) electrons. The SMILES string of the molecule is CC.CC.CC.CCCC1(C)CCC2C3CC=C(C)CC3CCC2C1C. The lowest BCUT2D eigenvalue weighted by Crippen LogP contribution is -2.47. The third kappa shape index (κ3) is 5.87. The van der Waals surface area contributed by atoms with Crippen molar-refractivity contribution in [1.82, 2.24) is 0 Å². The molecule has 0 N–H and O–H groups in total. The zero-order chi connectivity index (χ0) is 20.3. The zero-order valence-corrected chi connectivity index (χ0v) is 20.1. The van der Waals surface area contributed by atoms with Gasteiger partial charge in [-0.2, -0.15) is 0 Å². The van der Waals surface area contributed by atoms with Crippen LogP contribution in [0.15, 0.2) is 11.6 Å². The molecule has 0 bridgehead atoms. The Morgan fingerprint density at radius 1 is 0.923 bits per heavy atom. The van der Waals surface area contributed by atoms with Crippen LogP contribution in [0, 0.1) is 35.0 Å². The molecule has 2 saturated carbocycles. The van der Waals surface area contributed by atoms with E-state index < -0.39 is 0 Å². The van der Waals surface area contributed by atoms with E-state index in [-0.39, 0.29) is 0 Å². The van der Waals surface area contributed by atoms with Crippen molar-refractivity contribution in [1.29, 1.82) is 0 Å². The van der Waals surface area contributed by atoms with Crippen LogP contribution in [0.2, 0.25) is 0 Å². The van der Waals surface area contributed by atoms with Gasteiger partial charge in [-0.15, -0.1) is 0 Å². The van der Waals surface area contributed by atoms with E-state index in [4.69, 9.17) is 0 Å². The quantitative estimate of drug-likeness (QED) is 0.428. The van der Waals surface area contributed by atoms with Crippen molar-refractivity contribution in [3.05, 3.63) is 11.6 Å². The fourth-order valence-electron chi connectivity index (χ4n) is 6.17. The maximum absolute atomic E-state index is 2.59. The summed E-state index contributed by atoms with van der Waals surface area (Å²) in [5, 5.41) is 0. The minimum atomic E-state index is 0.642. The second-order valence-electron chi connectivity index (χ2n) is 8.55. The van der Waals surface area contributed by atoms with E-state index in [1.54, 1.807) is 5.57 Å². The minimum Gasteiger partial charge on any atom is -0.0853 e. The number of fused-ring (bicyclic) bond motifs is 3. The van der Waals surface area contributed by atoms with Crippen LogP contribution in [0.3, 0.4) is 0 Å². The Bertz CT molecular complexity index is 379. The Morgan fingerprint density at radius 3 is 2.12 bits per heavy atom. The zero-order valence-electron chi connectivity index (χ0n) is 20.1. The molecule has 0 heterocycles. The average Bonchev–Trinajstić information content (AvgIpc) is 2.69. The first kappa shape index (κ1) is 25.7. The molecule has 0 aromatic carbocycles. The van der Waals surface area contributed by atoms with E-state index in [1.807, 2.05) is 41.5 Å². The molecule has 26 heavy (non-hydrogen) atoms. The first-order chi connectivity index (χ1) is 12.5. The lowest BCUT2D eigenvalue weighted by atomic mass is 9.50. The van der Waals surface area contributed by atoms with Gasteiger partial charge in [0.1, 0.15) is 0 Å². The predicted octanol–water partition coefficient (Wildman–Crippen LogP) is 9.30. The highest BCUT2D eigenvalue weighted by Crippen LogP contribution is 2.58. The maximum atomic E-state index is 2.59. The highest BCUT2D eigenvalue weighted by atomic mass is 14.5. The lowest BCUT2D eigenvalue weighted by Gasteiger charge is -2.55. The highest BCUT2D eigenvalue weighted by molar-refractivity contribution is 5.10. The molecule has 0 saturated heterocycles. The first-order valence-electron chi connectivity index (χ1n) is 12.2. The fourth-order valence-corrected chi connectivity index (χ4v) is 6.17. The summed E-state index contributed by atoms with van der Waals surface area (Å²) in [7, 11) is 0. The van der Waals surface area contributed by atoms with Gasteiger partial charge in [0.15, 0.2) is 0 Å². The molecule has 0 aromatic rings. The van der Waals surface area contributed by atoms with Gasteiger partial charge in [0.05, 0.1) is 0 Å². The summed E-state index contributed by atoms with van der Waals surface area (Å²) in [5.74, 6) is 5.11. The monoisotopic (exact) mass is 364 g/mol. The van der Waals surface area contributed by atoms with Gasteiger partial charge in [-0.05, 0) is 86.9 Å². The largest absolute Gasteiger partial charge is 0.0853 e. The van der Waals surface area contributed by atoms with Gasteiger partial charge >= 0.3 is 0 Å². The van der Waals surface area contributed by atoms with Crippen molar-refractivity contribution in [2.45, 2.75) is 121 Å². The summed E-state index contributed by atoms with van der Waals surface area (Å²) in [5.41, 5.74) is 2.31. The molecule has 0 spiro atoms. The fraction of sp³-hybridized carbons (Fsp3) is 0.923. The van der Waals surface area contributed by atoms with Crippen LogP contribution in [0.25, 0.3) is 0 Å². The molecular formula is C26H52. The van der Waals surface area contributed by atoms with Crippen molar-refractivity contribution in [3.8, 4) is 0 Å². The molecule has 3 aliphatic carbocycles. The van der Waals surface area contributed by atoms with E-state index in [0.717, 1.165) is 29.6 Å². The summed E-state index contributed by atoms with van der Waals surface area (Å²) in [4.78, 5) is 0. The maximum Gasteiger partial charge on any atom is -0.0292 e. The summed E-state index contributed by atoms with van der Waals surface area (Å²) >= 11 is 0. The van der Waals surface area contributed by atoms with Crippen molar-refractivity contribution >= 4 is 0 Å². The van der Waals surface area contributed by atoms with Crippen LogP contribution in [-0.2, 0) is 0 Å². The molecule has 3 aliphatic rings. The molecule has 6 atom stereocenters. The van der Waals surface area contributed by atoms with E-state index in [9.17, 15) is 0 Å². The van der Waals surface area contributed by atoms with Crippen molar-refractivity contribution in [2.75, 3.05) is 0 Å². The van der Waals surface area contributed by atoms with Gasteiger partial charge < -0.3 is 0 Å². The van der Waals surface area contributed by atoms with Crippen LogP contribution in [0.5, 0.6) is 0 Å². The molecule has 0 aliphatic heterocycles. The van der Waals surface area contributed by atoms with E-state index in [2.05, 4.69) is 33.8 Å². The summed E-state index contributed by atoms with van der Waals surface area (Å²) < 4.78 is 0. The Labute approximate surface area is 167 Å². The van der Waals surface area contributed by atoms with Crippen molar-refractivity contribution in [3.63, 3.8) is 0 Å². The standard InChI is InChI=1S/C20H34.3C2H6/c1-5-11-20(4)12-10-19-17(15(20)3)9-7-16-13-14(2)6-8-18(16)19;3*1-2/h6,15-19H,5,7-13H2,1-4H3;3*1-2H3. The van der Waals surface area contributed by atoms with Crippen LogP contribution in [0.4, 0.5) is 0 Å². The van der Waals surface area contributed by atoms with Gasteiger partial charge in [0.25, 0.3) is 0 Å². The highest BCUT2D eigenvalue weighted by Gasteiger charge is 2.49. The topological polar surface area (TPSA) is 0 Å². The van der Waals surface area contributed by atoms with E-state index >= 15 is 0 Å². The first-order valence-corrected chi connectivity index (χ1v) is 12.2. The molecule has 0 amide bonds. The Balaban J connectivity index is 0.000000948. The van der Waals surface area contributed by atoms with Gasteiger partial charge in [-0.3, -0.25) is 0 Å². The molecular weight excluding hydrogens is 312 g/mol. The summed E-state index contributed by atoms with van der Waals surface area (Å²) in [6.45, 7) is 21.9. The molecule has 156 valence electrons. The third-order valence-electron chi connectivity index (χ3n) is 7.51. The molecule has 0 aromatic heterocycles. The molecule has 2 fully saturated rings. The molecule has 0 heteroatoms. The van der Waals surface area contributed by atoms with Crippen LogP contribution in [-0.4, -0.2) is 0 Å². The van der Waals surface area contributed by atoms with Gasteiger partial charge in [-0.25, -0.2) is 0 Å². The number of allylic oxidation sites excluding steroid dienone is 2. The van der Waals surface area contributed by atoms with Gasteiger partial charge in [-0.1, -0.05) is 80.4 Å². The number of hydrogen-bond donors (Lipinski definition) is 0. The third-order valence-corrected chi connectivity index (χ3v) is 7.51. The Kier molecular flexibility index (Phi) is 12.9.